The van der Waals surface area contributed by atoms with E-state index in [4.69, 9.17) is 23.2 Å². The van der Waals surface area contributed by atoms with Crippen molar-refractivity contribution in [1.29, 1.82) is 0 Å². The van der Waals surface area contributed by atoms with Crippen LogP contribution in [0.15, 0.2) is 18.3 Å². The second-order valence-electron chi connectivity index (χ2n) is 7.85. The molecule has 1 aliphatic carbocycles. The Morgan fingerprint density at radius 2 is 1.93 bits per heavy atom. The Labute approximate surface area is 177 Å². The van der Waals surface area contributed by atoms with E-state index >= 15 is 0 Å². The molecule has 1 heterocycles. The molecule has 1 aromatic carbocycles. The summed E-state index contributed by atoms with van der Waals surface area (Å²) in [6, 6.07) is 2.97. The molecule has 0 spiro atoms. The molecular formula is C20H22Cl2F2N2O3. The molecule has 1 aliphatic rings. The number of pyridine rings is 1. The molecule has 1 aromatic heterocycles. The lowest BCUT2D eigenvalue weighted by molar-refractivity contribution is -0.0496. The summed E-state index contributed by atoms with van der Waals surface area (Å²) >= 11 is 12.1. The van der Waals surface area contributed by atoms with E-state index in [-0.39, 0.29) is 39.2 Å². The van der Waals surface area contributed by atoms with Gasteiger partial charge in [0.15, 0.2) is 5.75 Å². The highest BCUT2D eigenvalue weighted by molar-refractivity contribution is 6.40. The lowest BCUT2D eigenvalue weighted by Gasteiger charge is -2.36. The second kappa shape index (κ2) is 8.58. The molecule has 5 nitrogen and oxygen atoms in total. The molecule has 0 atom stereocenters. The number of hydrogen-bond acceptors (Lipinski definition) is 4. The molecule has 2 aromatic rings. The van der Waals surface area contributed by atoms with E-state index < -0.39 is 12.2 Å². The van der Waals surface area contributed by atoms with Crippen molar-refractivity contribution >= 4 is 40.0 Å². The summed E-state index contributed by atoms with van der Waals surface area (Å²) in [5.41, 5.74) is -0.186. The zero-order chi connectivity index (χ0) is 21.3. The van der Waals surface area contributed by atoms with Gasteiger partial charge in [0.25, 0.3) is 5.91 Å². The van der Waals surface area contributed by atoms with Crippen molar-refractivity contribution < 1.29 is 23.4 Å². The number of aromatic nitrogens is 1. The lowest BCUT2D eigenvalue weighted by atomic mass is 9.77. The summed E-state index contributed by atoms with van der Waals surface area (Å²) in [6.07, 6.45) is 4.58. The van der Waals surface area contributed by atoms with Crippen LogP contribution in [0.1, 0.15) is 49.9 Å². The van der Waals surface area contributed by atoms with E-state index in [1.165, 1.54) is 12.3 Å². The maximum Gasteiger partial charge on any atom is 0.387 e. The number of rotatable bonds is 5. The van der Waals surface area contributed by atoms with Crippen molar-refractivity contribution in [3.8, 4) is 5.75 Å². The first-order valence-corrected chi connectivity index (χ1v) is 10.1. The highest BCUT2D eigenvalue weighted by atomic mass is 35.5. The van der Waals surface area contributed by atoms with E-state index in [2.05, 4.69) is 15.0 Å². The minimum Gasteiger partial charge on any atom is -0.432 e. The Morgan fingerprint density at radius 3 is 2.52 bits per heavy atom. The average Bonchev–Trinajstić information content (AvgIpc) is 2.64. The third-order valence-electron chi connectivity index (χ3n) is 5.35. The van der Waals surface area contributed by atoms with Crippen molar-refractivity contribution in [2.24, 2.45) is 5.92 Å². The van der Waals surface area contributed by atoms with Crippen molar-refractivity contribution in [3.63, 3.8) is 0 Å². The van der Waals surface area contributed by atoms with E-state index in [1.54, 1.807) is 6.07 Å². The van der Waals surface area contributed by atoms with Crippen LogP contribution in [0, 0.1) is 5.92 Å². The van der Waals surface area contributed by atoms with Gasteiger partial charge in [-0.15, -0.1) is 0 Å². The number of hydrogen-bond donors (Lipinski definition) is 2. The van der Waals surface area contributed by atoms with Gasteiger partial charge in [-0.1, -0.05) is 23.2 Å². The van der Waals surface area contributed by atoms with Gasteiger partial charge in [0.05, 0.1) is 21.7 Å². The zero-order valence-corrected chi connectivity index (χ0v) is 17.5. The van der Waals surface area contributed by atoms with Gasteiger partial charge in [0.1, 0.15) is 5.02 Å². The van der Waals surface area contributed by atoms with Crippen LogP contribution in [0.4, 0.5) is 8.78 Å². The van der Waals surface area contributed by atoms with Gasteiger partial charge in [-0.25, -0.2) is 0 Å². The number of carbonyl (C=O) groups is 1. The van der Waals surface area contributed by atoms with Crippen molar-refractivity contribution in [1.82, 2.24) is 10.3 Å². The van der Waals surface area contributed by atoms with Crippen LogP contribution in [-0.4, -0.2) is 34.3 Å². The fourth-order valence-electron chi connectivity index (χ4n) is 3.72. The van der Waals surface area contributed by atoms with E-state index in [9.17, 15) is 18.7 Å². The standard InChI is InChI=1S/C20H22Cl2F2N2O3/c1-20(2,28)12-3-5-13(6-4-12)26-18(27)11-7-10-8-14(21)17(29-19(23)24)15(22)16(10)25-9-11/h7-9,12-13,19,28H,3-6H2,1-2H3,(H,26,27). The predicted octanol–water partition coefficient (Wildman–Crippen LogP) is 5.20. The Kier molecular flexibility index (Phi) is 6.51. The van der Waals surface area contributed by atoms with Crippen molar-refractivity contribution in [2.45, 2.75) is 57.8 Å². The molecule has 3 rings (SSSR count). The summed E-state index contributed by atoms with van der Waals surface area (Å²) < 4.78 is 29.4. The summed E-state index contributed by atoms with van der Waals surface area (Å²) in [6.45, 7) is 0.551. The summed E-state index contributed by atoms with van der Waals surface area (Å²) in [5.74, 6) is -0.415. The summed E-state index contributed by atoms with van der Waals surface area (Å²) in [7, 11) is 0. The zero-order valence-electron chi connectivity index (χ0n) is 16.0. The first kappa shape index (κ1) is 22.0. The minimum atomic E-state index is -3.07. The molecule has 2 N–H and O–H groups in total. The number of amides is 1. The number of nitrogens with one attached hydrogen (secondary N) is 1. The third-order valence-corrected chi connectivity index (χ3v) is 5.99. The van der Waals surface area contributed by atoms with Crippen molar-refractivity contribution in [3.05, 3.63) is 33.9 Å². The average molecular weight is 447 g/mol. The van der Waals surface area contributed by atoms with Gasteiger partial charge in [-0.2, -0.15) is 8.78 Å². The first-order valence-electron chi connectivity index (χ1n) is 9.32. The number of alkyl halides is 2. The fourth-order valence-corrected chi connectivity index (χ4v) is 4.33. The van der Waals surface area contributed by atoms with Crippen LogP contribution >= 0.6 is 23.2 Å². The van der Waals surface area contributed by atoms with Gasteiger partial charge >= 0.3 is 6.61 Å². The Hall–Kier alpha value is -1.70. The molecule has 1 saturated carbocycles. The van der Waals surface area contributed by atoms with Crippen LogP contribution < -0.4 is 10.1 Å². The monoisotopic (exact) mass is 446 g/mol. The van der Waals surface area contributed by atoms with E-state index in [1.807, 2.05) is 13.8 Å². The number of aliphatic hydroxyl groups is 1. The van der Waals surface area contributed by atoms with Gasteiger partial charge in [0, 0.05) is 17.6 Å². The smallest absolute Gasteiger partial charge is 0.387 e. The van der Waals surface area contributed by atoms with Crippen LogP contribution in [0.2, 0.25) is 10.0 Å². The minimum absolute atomic E-state index is 0.0193. The highest BCUT2D eigenvalue weighted by Crippen LogP contribution is 2.39. The Balaban J connectivity index is 1.74. The lowest BCUT2D eigenvalue weighted by Crippen LogP contribution is -2.41. The van der Waals surface area contributed by atoms with Gasteiger partial charge in [0.2, 0.25) is 0 Å². The normalized spacial score (nSPS) is 20.1. The number of halogens is 4. The first-order chi connectivity index (χ1) is 13.6. The number of benzene rings is 1. The molecule has 1 fully saturated rings. The van der Waals surface area contributed by atoms with Crippen LogP contribution in [0.25, 0.3) is 10.9 Å². The van der Waals surface area contributed by atoms with Crippen LogP contribution in [-0.2, 0) is 0 Å². The SMILES string of the molecule is CC(C)(O)C1CCC(NC(=O)c2cnc3c(Cl)c(OC(F)F)c(Cl)cc3c2)CC1. The van der Waals surface area contributed by atoms with Crippen LogP contribution in [0.5, 0.6) is 5.75 Å². The maximum atomic E-state index is 12.6. The molecule has 0 bridgehead atoms. The third kappa shape index (κ3) is 5.08. The molecule has 0 saturated heterocycles. The fraction of sp³-hybridized carbons (Fsp3) is 0.500. The molecule has 9 heteroatoms. The second-order valence-corrected chi connectivity index (χ2v) is 8.64. The van der Waals surface area contributed by atoms with E-state index in [0.717, 1.165) is 25.7 Å². The topological polar surface area (TPSA) is 71.5 Å². The Bertz CT molecular complexity index is 911. The maximum absolute atomic E-state index is 12.6. The number of carbonyl (C=O) groups excluding carboxylic acids is 1. The molecule has 0 unspecified atom stereocenters. The van der Waals surface area contributed by atoms with Gasteiger partial charge in [-0.05, 0) is 57.6 Å². The molecule has 0 aliphatic heterocycles. The van der Waals surface area contributed by atoms with Crippen molar-refractivity contribution in [2.75, 3.05) is 0 Å². The number of fused-ring (bicyclic) bond motifs is 1. The van der Waals surface area contributed by atoms with Gasteiger partial charge in [-0.3, -0.25) is 9.78 Å². The molecule has 1 amide bonds. The van der Waals surface area contributed by atoms with Crippen LogP contribution in [0.3, 0.4) is 0 Å². The quantitative estimate of drug-likeness (QED) is 0.661. The summed E-state index contributed by atoms with van der Waals surface area (Å²) in [5, 5.41) is 13.3. The summed E-state index contributed by atoms with van der Waals surface area (Å²) in [4.78, 5) is 16.8. The molecular weight excluding hydrogens is 425 g/mol. The predicted molar refractivity (Wildman–Crippen MR) is 108 cm³/mol. The Morgan fingerprint density at radius 1 is 1.28 bits per heavy atom. The largest absolute Gasteiger partial charge is 0.432 e. The van der Waals surface area contributed by atoms with E-state index in [0.29, 0.717) is 10.9 Å². The molecule has 158 valence electrons. The molecule has 29 heavy (non-hydrogen) atoms. The van der Waals surface area contributed by atoms with Gasteiger partial charge < -0.3 is 15.2 Å². The number of nitrogens with zero attached hydrogens (tertiary/aromatic N) is 1. The highest BCUT2D eigenvalue weighted by Gasteiger charge is 2.32. The molecule has 0 radical (unpaired) electrons. The number of ether oxygens (including phenoxy) is 1.